The number of carbonyl (C=O) groups is 1. The van der Waals surface area contributed by atoms with Crippen molar-refractivity contribution in [3.63, 3.8) is 0 Å². The summed E-state index contributed by atoms with van der Waals surface area (Å²) >= 11 is 0. The van der Waals surface area contributed by atoms with Crippen LogP contribution in [-0.2, 0) is 22.6 Å². The van der Waals surface area contributed by atoms with Crippen LogP contribution in [0.2, 0.25) is 0 Å². The number of rotatable bonds is 5. The monoisotopic (exact) mass is 306 g/mol. The average molecular weight is 306 g/mol. The first-order chi connectivity index (χ1) is 11.2. The van der Waals surface area contributed by atoms with Gasteiger partial charge in [0.1, 0.15) is 6.61 Å². The second-order valence-corrected chi connectivity index (χ2v) is 5.39. The van der Waals surface area contributed by atoms with Crippen LogP contribution in [0.4, 0.5) is 0 Å². The largest absolute Gasteiger partial charge is 0.461 e. The smallest absolute Gasteiger partial charge is 0.310 e. The molecule has 0 atom stereocenters. The van der Waals surface area contributed by atoms with Gasteiger partial charge >= 0.3 is 5.97 Å². The van der Waals surface area contributed by atoms with Gasteiger partial charge < -0.3 is 4.74 Å². The van der Waals surface area contributed by atoms with Gasteiger partial charge in [0.15, 0.2) is 0 Å². The summed E-state index contributed by atoms with van der Waals surface area (Å²) in [4.78, 5) is 12.0. The second kappa shape index (κ2) is 6.92. The maximum Gasteiger partial charge on any atom is 0.310 e. The summed E-state index contributed by atoms with van der Waals surface area (Å²) in [5, 5.41) is 4.28. The molecule has 1 heterocycles. The molecule has 0 N–H and O–H groups in total. The Morgan fingerprint density at radius 1 is 1.09 bits per heavy atom. The maximum absolute atomic E-state index is 12.0. The molecule has 0 bridgehead atoms. The summed E-state index contributed by atoms with van der Waals surface area (Å²) in [5.74, 6) is -0.249. The zero-order valence-electron chi connectivity index (χ0n) is 13.0. The number of hydrogen-bond acceptors (Lipinski definition) is 3. The summed E-state index contributed by atoms with van der Waals surface area (Å²) in [7, 11) is 0. The third kappa shape index (κ3) is 3.86. The van der Waals surface area contributed by atoms with Gasteiger partial charge in [-0.25, -0.2) is 4.68 Å². The highest BCUT2D eigenvalue weighted by atomic mass is 16.5. The topological polar surface area (TPSA) is 44.1 Å². The molecule has 1 aromatic heterocycles. The van der Waals surface area contributed by atoms with Gasteiger partial charge in [-0.1, -0.05) is 42.5 Å². The molecule has 116 valence electrons. The summed E-state index contributed by atoms with van der Waals surface area (Å²) in [6, 6.07) is 17.7. The van der Waals surface area contributed by atoms with Crippen molar-refractivity contribution in [1.82, 2.24) is 9.78 Å². The first kappa shape index (κ1) is 15.0. The minimum Gasteiger partial charge on any atom is -0.461 e. The Morgan fingerprint density at radius 3 is 2.61 bits per heavy atom. The van der Waals surface area contributed by atoms with Crippen LogP contribution in [0.3, 0.4) is 0 Å². The second-order valence-electron chi connectivity index (χ2n) is 5.39. The number of esters is 1. The summed E-state index contributed by atoms with van der Waals surface area (Å²) in [6.07, 6.45) is 3.77. The molecule has 0 unspecified atom stereocenters. The Balaban J connectivity index is 1.58. The fourth-order valence-corrected chi connectivity index (χ4v) is 2.32. The van der Waals surface area contributed by atoms with E-state index < -0.39 is 0 Å². The molecule has 0 saturated carbocycles. The lowest BCUT2D eigenvalue weighted by Crippen LogP contribution is -2.08. The Hall–Kier alpha value is -2.88. The highest BCUT2D eigenvalue weighted by molar-refractivity contribution is 5.72. The number of hydrogen-bond donors (Lipinski definition) is 0. The van der Waals surface area contributed by atoms with Gasteiger partial charge in [-0.15, -0.1) is 0 Å². The van der Waals surface area contributed by atoms with E-state index in [1.54, 1.807) is 10.9 Å². The van der Waals surface area contributed by atoms with Crippen molar-refractivity contribution in [1.29, 1.82) is 0 Å². The van der Waals surface area contributed by atoms with Crippen molar-refractivity contribution in [3.8, 4) is 5.69 Å². The molecule has 0 fully saturated rings. The summed E-state index contributed by atoms with van der Waals surface area (Å²) in [5.41, 5.74) is 3.95. The number of para-hydroxylation sites is 1. The summed E-state index contributed by atoms with van der Waals surface area (Å²) in [6.45, 7) is 2.31. The van der Waals surface area contributed by atoms with Crippen LogP contribution < -0.4 is 0 Å². The Morgan fingerprint density at radius 2 is 1.83 bits per heavy atom. The predicted octanol–water partition coefficient (Wildman–Crippen LogP) is 3.47. The minimum absolute atomic E-state index is 0.221. The molecule has 3 rings (SSSR count). The number of carbonyl (C=O) groups excluding carboxylic acids is 1. The molecule has 4 heteroatoms. The molecule has 4 nitrogen and oxygen atoms in total. The highest BCUT2D eigenvalue weighted by Gasteiger charge is 2.09. The Labute approximate surface area is 135 Å². The normalized spacial score (nSPS) is 10.5. The molecule has 3 aromatic rings. The van der Waals surface area contributed by atoms with Gasteiger partial charge in [0.05, 0.1) is 18.3 Å². The lowest BCUT2D eigenvalue weighted by atomic mass is 10.1. The van der Waals surface area contributed by atoms with E-state index in [0.29, 0.717) is 6.61 Å². The molecule has 23 heavy (non-hydrogen) atoms. The lowest BCUT2D eigenvalue weighted by molar-refractivity contribution is -0.144. The van der Waals surface area contributed by atoms with Crippen LogP contribution in [0.5, 0.6) is 0 Å². The highest BCUT2D eigenvalue weighted by Crippen LogP contribution is 2.11. The van der Waals surface area contributed by atoms with Crippen LogP contribution in [0.25, 0.3) is 5.69 Å². The van der Waals surface area contributed by atoms with E-state index in [9.17, 15) is 4.79 Å². The van der Waals surface area contributed by atoms with E-state index >= 15 is 0 Å². The maximum atomic E-state index is 12.0. The van der Waals surface area contributed by atoms with Crippen LogP contribution in [0.1, 0.15) is 16.7 Å². The van der Waals surface area contributed by atoms with Crippen molar-refractivity contribution in [2.24, 2.45) is 0 Å². The zero-order chi connectivity index (χ0) is 16.1. The Bertz CT molecular complexity index is 794. The number of ether oxygens (including phenoxy) is 1. The van der Waals surface area contributed by atoms with Crippen molar-refractivity contribution in [3.05, 3.63) is 83.7 Å². The fraction of sp³-hybridized carbons (Fsp3) is 0.158. The number of nitrogens with zero attached hydrogens (tertiary/aromatic N) is 2. The van der Waals surface area contributed by atoms with Gasteiger partial charge in [0.2, 0.25) is 0 Å². The van der Waals surface area contributed by atoms with Crippen LogP contribution in [-0.4, -0.2) is 15.7 Å². The van der Waals surface area contributed by atoms with Crippen molar-refractivity contribution < 1.29 is 9.53 Å². The van der Waals surface area contributed by atoms with Gasteiger partial charge in [0.25, 0.3) is 0 Å². The standard InChI is InChI=1S/C19H18N2O2/c1-15-7-5-6-8-17(15)14-23-19(22)11-16-12-20-21(13-16)18-9-3-2-4-10-18/h2-10,12-13H,11,14H2,1H3. The molecule has 2 aromatic carbocycles. The van der Waals surface area contributed by atoms with E-state index in [1.165, 1.54) is 0 Å². The molecule has 0 amide bonds. The van der Waals surface area contributed by atoms with Gasteiger partial charge in [-0.05, 0) is 30.2 Å². The number of aryl methyl sites for hydroxylation is 1. The van der Waals surface area contributed by atoms with Crippen LogP contribution >= 0.6 is 0 Å². The third-order valence-electron chi connectivity index (χ3n) is 3.66. The number of aromatic nitrogens is 2. The molecular formula is C19H18N2O2. The molecule has 0 saturated heterocycles. The first-order valence-electron chi connectivity index (χ1n) is 7.51. The molecule has 0 aliphatic carbocycles. The van der Waals surface area contributed by atoms with Crippen molar-refractivity contribution in [2.45, 2.75) is 20.0 Å². The SMILES string of the molecule is Cc1ccccc1COC(=O)Cc1cnn(-c2ccccc2)c1. The molecule has 0 aliphatic heterocycles. The van der Waals surface area contributed by atoms with E-state index in [4.69, 9.17) is 4.74 Å². The van der Waals surface area contributed by atoms with Crippen molar-refractivity contribution in [2.75, 3.05) is 0 Å². The zero-order valence-corrected chi connectivity index (χ0v) is 13.0. The molecule has 0 radical (unpaired) electrons. The number of benzene rings is 2. The average Bonchev–Trinajstić information content (AvgIpc) is 3.03. The predicted molar refractivity (Wildman–Crippen MR) is 88.2 cm³/mol. The van der Waals surface area contributed by atoms with E-state index in [-0.39, 0.29) is 12.4 Å². The van der Waals surface area contributed by atoms with Crippen molar-refractivity contribution >= 4 is 5.97 Å². The van der Waals surface area contributed by atoms with Gasteiger partial charge in [-0.2, -0.15) is 5.10 Å². The lowest BCUT2D eigenvalue weighted by Gasteiger charge is -2.06. The van der Waals surface area contributed by atoms with E-state index in [1.807, 2.05) is 67.7 Å². The van der Waals surface area contributed by atoms with Gasteiger partial charge in [0, 0.05) is 11.8 Å². The fourth-order valence-electron chi connectivity index (χ4n) is 2.32. The third-order valence-corrected chi connectivity index (χ3v) is 3.66. The first-order valence-corrected chi connectivity index (χ1v) is 7.51. The van der Waals surface area contributed by atoms with Gasteiger partial charge in [-0.3, -0.25) is 4.79 Å². The van der Waals surface area contributed by atoms with E-state index in [2.05, 4.69) is 5.10 Å². The molecule has 0 aliphatic rings. The van der Waals surface area contributed by atoms with Crippen LogP contribution in [0, 0.1) is 6.92 Å². The Kier molecular flexibility index (Phi) is 4.52. The van der Waals surface area contributed by atoms with E-state index in [0.717, 1.165) is 22.4 Å². The quantitative estimate of drug-likeness (QED) is 0.678. The molecular weight excluding hydrogens is 288 g/mol. The molecule has 0 spiro atoms. The van der Waals surface area contributed by atoms with Crippen LogP contribution in [0.15, 0.2) is 67.0 Å². The minimum atomic E-state index is -0.249. The summed E-state index contributed by atoms with van der Waals surface area (Å²) < 4.78 is 7.11.